The molecule has 0 saturated carbocycles. The van der Waals surface area contributed by atoms with Crippen molar-refractivity contribution < 1.29 is 9.53 Å². The summed E-state index contributed by atoms with van der Waals surface area (Å²) in [6.07, 6.45) is 1.53. The molecule has 0 radical (unpaired) electrons. The van der Waals surface area contributed by atoms with Crippen LogP contribution >= 0.6 is 0 Å². The lowest BCUT2D eigenvalue weighted by molar-refractivity contribution is 0.0929. The van der Waals surface area contributed by atoms with Gasteiger partial charge in [0.05, 0.1) is 5.56 Å². The highest BCUT2D eigenvalue weighted by Gasteiger charge is 2.20. The molecule has 0 fully saturated rings. The van der Waals surface area contributed by atoms with Crippen LogP contribution < -0.4 is 10.1 Å². The fraction of sp³-hybridized carbons (Fsp3) is 0.368. The molecule has 0 unspecified atom stereocenters. The fourth-order valence-corrected chi connectivity index (χ4v) is 2.52. The van der Waals surface area contributed by atoms with Crippen LogP contribution in [0.15, 0.2) is 48.7 Å². The first-order valence-electron chi connectivity index (χ1n) is 7.98. The molecule has 0 spiro atoms. The van der Waals surface area contributed by atoms with Crippen LogP contribution in [0.2, 0.25) is 0 Å². The third-order valence-electron chi connectivity index (χ3n) is 3.44. The second-order valence-corrected chi connectivity index (χ2v) is 6.88. The molecule has 128 valence electrons. The summed E-state index contributed by atoms with van der Waals surface area (Å²) in [5.74, 6) is 1.05. The van der Waals surface area contributed by atoms with E-state index < -0.39 is 0 Å². The lowest BCUT2D eigenvalue weighted by Crippen LogP contribution is -2.40. The van der Waals surface area contributed by atoms with Crippen molar-refractivity contribution in [2.75, 3.05) is 27.2 Å². The van der Waals surface area contributed by atoms with Gasteiger partial charge in [-0.15, -0.1) is 0 Å². The number of rotatable bonds is 7. The van der Waals surface area contributed by atoms with Gasteiger partial charge in [-0.3, -0.25) is 4.79 Å². The van der Waals surface area contributed by atoms with Gasteiger partial charge in [0, 0.05) is 25.4 Å². The summed E-state index contributed by atoms with van der Waals surface area (Å²) in [7, 11) is 4.05. The summed E-state index contributed by atoms with van der Waals surface area (Å²) in [6.45, 7) is 5.76. The highest BCUT2D eigenvalue weighted by Crippen LogP contribution is 2.19. The van der Waals surface area contributed by atoms with E-state index in [1.807, 2.05) is 44.4 Å². The van der Waals surface area contributed by atoms with E-state index in [1.165, 1.54) is 6.20 Å². The van der Waals surface area contributed by atoms with Gasteiger partial charge in [0.15, 0.2) is 0 Å². The van der Waals surface area contributed by atoms with Gasteiger partial charge < -0.3 is 15.0 Å². The Morgan fingerprint density at radius 1 is 1.17 bits per heavy atom. The number of aromatic nitrogens is 1. The second kappa shape index (κ2) is 7.93. The van der Waals surface area contributed by atoms with Crippen molar-refractivity contribution in [2.24, 2.45) is 5.41 Å². The monoisotopic (exact) mass is 327 g/mol. The summed E-state index contributed by atoms with van der Waals surface area (Å²) in [6, 6.07) is 12.8. The second-order valence-electron chi connectivity index (χ2n) is 6.88. The third kappa shape index (κ3) is 5.66. The number of ether oxygens (including phenoxy) is 1. The molecule has 2 rings (SSSR count). The van der Waals surface area contributed by atoms with E-state index in [9.17, 15) is 4.79 Å². The quantitative estimate of drug-likeness (QED) is 0.848. The van der Waals surface area contributed by atoms with Crippen LogP contribution in [0, 0.1) is 5.41 Å². The molecular formula is C19H25N3O2. The SMILES string of the molecule is CN(C)CC(C)(C)CNC(=O)c1ccc(Oc2ccccc2)nc1. The number of amides is 1. The molecule has 0 aliphatic heterocycles. The molecule has 1 N–H and O–H groups in total. The molecule has 1 heterocycles. The van der Waals surface area contributed by atoms with E-state index in [1.54, 1.807) is 12.1 Å². The Hall–Kier alpha value is -2.40. The van der Waals surface area contributed by atoms with Crippen molar-refractivity contribution in [1.82, 2.24) is 15.2 Å². The largest absolute Gasteiger partial charge is 0.439 e. The maximum atomic E-state index is 12.2. The van der Waals surface area contributed by atoms with E-state index >= 15 is 0 Å². The molecule has 0 bridgehead atoms. The summed E-state index contributed by atoms with van der Waals surface area (Å²) >= 11 is 0. The Balaban J connectivity index is 1.91. The Labute approximate surface area is 143 Å². The van der Waals surface area contributed by atoms with Gasteiger partial charge in [-0.25, -0.2) is 4.98 Å². The molecule has 0 aliphatic carbocycles. The number of benzene rings is 1. The Kier molecular flexibility index (Phi) is 5.93. The maximum Gasteiger partial charge on any atom is 0.252 e. The molecule has 0 aliphatic rings. The molecule has 5 nitrogen and oxygen atoms in total. The normalized spacial score (nSPS) is 11.4. The lowest BCUT2D eigenvalue weighted by atomic mass is 9.93. The van der Waals surface area contributed by atoms with Gasteiger partial charge in [-0.1, -0.05) is 32.0 Å². The van der Waals surface area contributed by atoms with E-state index in [4.69, 9.17) is 4.74 Å². The molecule has 1 aromatic heterocycles. The number of nitrogens with zero attached hydrogens (tertiary/aromatic N) is 2. The number of pyridine rings is 1. The van der Waals surface area contributed by atoms with E-state index in [0.717, 1.165) is 6.54 Å². The highest BCUT2D eigenvalue weighted by molar-refractivity contribution is 5.93. The summed E-state index contributed by atoms with van der Waals surface area (Å²) in [5.41, 5.74) is 0.527. The molecule has 0 saturated heterocycles. The first-order valence-corrected chi connectivity index (χ1v) is 7.98. The predicted octanol–water partition coefficient (Wildman–Crippen LogP) is 3.19. The molecule has 0 atom stereocenters. The maximum absolute atomic E-state index is 12.2. The van der Waals surface area contributed by atoms with Crippen molar-refractivity contribution in [3.05, 3.63) is 54.2 Å². The van der Waals surface area contributed by atoms with Crippen LogP contribution in [0.4, 0.5) is 0 Å². The Bertz CT molecular complexity index is 652. The summed E-state index contributed by atoms with van der Waals surface area (Å²) < 4.78 is 5.62. The van der Waals surface area contributed by atoms with Gasteiger partial charge in [-0.2, -0.15) is 0 Å². The fourth-order valence-electron chi connectivity index (χ4n) is 2.52. The van der Waals surface area contributed by atoms with Crippen molar-refractivity contribution in [3.63, 3.8) is 0 Å². The average molecular weight is 327 g/mol. The number of hydrogen-bond donors (Lipinski definition) is 1. The van der Waals surface area contributed by atoms with E-state index in [0.29, 0.717) is 23.7 Å². The Morgan fingerprint density at radius 3 is 2.46 bits per heavy atom. The van der Waals surface area contributed by atoms with Gasteiger partial charge >= 0.3 is 0 Å². The van der Waals surface area contributed by atoms with Crippen LogP contribution in [-0.2, 0) is 0 Å². The molecule has 1 amide bonds. The van der Waals surface area contributed by atoms with Crippen LogP contribution in [0.1, 0.15) is 24.2 Å². The van der Waals surface area contributed by atoms with Crippen LogP contribution in [-0.4, -0.2) is 43.0 Å². The van der Waals surface area contributed by atoms with Crippen molar-refractivity contribution in [2.45, 2.75) is 13.8 Å². The molecular weight excluding hydrogens is 302 g/mol. The van der Waals surface area contributed by atoms with Crippen molar-refractivity contribution in [3.8, 4) is 11.6 Å². The number of carbonyl (C=O) groups excluding carboxylic acids is 1. The number of para-hydroxylation sites is 1. The van der Waals surface area contributed by atoms with Gasteiger partial charge in [0.25, 0.3) is 5.91 Å². The zero-order chi connectivity index (χ0) is 17.6. The third-order valence-corrected chi connectivity index (χ3v) is 3.44. The van der Waals surface area contributed by atoms with Crippen molar-refractivity contribution in [1.29, 1.82) is 0 Å². The van der Waals surface area contributed by atoms with Crippen molar-refractivity contribution >= 4 is 5.91 Å². The smallest absolute Gasteiger partial charge is 0.252 e. The zero-order valence-corrected chi connectivity index (χ0v) is 14.7. The minimum Gasteiger partial charge on any atom is -0.439 e. The number of hydrogen-bond acceptors (Lipinski definition) is 4. The Morgan fingerprint density at radius 2 is 1.88 bits per heavy atom. The topological polar surface area (TPSA) is 54.5 Å². The van der Waals surface area contributed by atoms with Gasteiger partial charge in [0.1, 0.15) is 5.75 Å². The average Bonchev–Trinajstić information content (AvgIpc) is 2.53. The molecule has 1 aromatic carbocycles. The molecule has 5 heteroatoms. The summed E-state index contributed by atoms with van der Waals surface area (Å²) in [5, 5.41) is 2.97. The minimum absolute atomic E-state index is 0.00293. The standard InChI is InChI=1S/C19H25N3O2/c1-19(2,14-22(3)4)13-21-18(23)15-10-11-17(20-12-15)24-16-8-6-5-7-9-16/h5-12H,13-14H2,1-4H3,(H,21,23). The molecule has 24 heavy (non-hydrogen) atoms. The highest BCUT2D eigenvalue weighted by atomic mass is 16.5. The van der Waals surface area contributed by atoms with E-state index in [-0.39, 0.29) is 11.3 Å². The first-order chi connectivity index (χ1) is 11.4. The summed E-state index contributed by atoms with van der Waals surface area (Å²) in [4.78, 5) is 18.6. The van der Waals surface area contributed by atoms with Crippen LogP contribution in [0.25, 0.3) is 0 Å². The zero-order valence-electron chi connectivity index (χ0n) is 14.7. The van der Waals surface area contributed by atoms with Gasteiger partial charge in [0.2, 0.25) is 5.88 Å². The number of nitrogens with one attached hydrogen (secondary N) is 1. The minimum atomic E-state index is -0.124. The van der Waals surface area contributed by atoms with Crippen LogP contribution in [0.3, 0.4) is 0 Å². The van der Waals surface area contributed by atoms with Crippen LogP contribution in [0.5, 0.6) is 11.6 Å². The van der Waals surface area contributed by atoms with Gasteiger partial charge in [-0.05, 0) is 37.7 Å². The first kappa shape index (κ1) is 17.9. The molecule has 2 aromatic rings. The number of carbonyl (C=O) groups is 1. The predicted molar refractivity (Wildman–Crippen MR) is 95.4 cm³/mol. The lowest BCUT2D eigenvalue weighted by Gasteiger charge is -2.28. The van der Waals surface area contributed by atoms with E-state index in [2.05, 4.69) is 29.0 Å².